The molecule has 0 fully saturated rings. The monoisotopic (exact) mass is 331 g/mol. The Bertz CT molecular complexity index is 717. The number of rotatable bonds is 4. The maximum absolute atomic E-state index is 12.7. The number of aryl methyl sites for hydroxylation is 2. The highest BCUT2D eigenvalue weighted by atomic mass is 16.6. The van der Waals surface area contributed by atoms with Crippen molar-refractivity contribution in [1.29, 1.82) is 0 Å². The second-order valence-electron chi connectivity index (χ2n) is 6.65. The number of carbonyl (C=O) groups excluding carboxylic acids is 1. The van der Waals surface area contributed by atoms with Crippen LogP contribution in [0, 0.1) is 6.92 Å². The number of amides is 1. The van der Waals surface area contributed by atoms with Crippen LogP contribution in [0.3, 0.4) is 0 Å². The van der Waals surface area contributed by atoms with E-state index in [-0.39, 0.29) is 12.3 Å². The van der Waals surface area contributed by atoms with Crippen LogP contribution in [0.15, 0.2) is 30.5 Å². The molecule has 0 aliphatic carbocycles. The predicted molar refractivity (Wildman–Crippen MR) is 93.2 cm³/mol. The van der Waals surface area contributed by atoms with Crippen LogP contribution in [0.2, 0.25) is 0 Å². The fraction of sp³-hybridized carbons (Fsp3) is 0.444. The minimum absolute atomic E-state index is 0.0314. The first-order valence-corrected chi connectivity index (χ1v) is 8.02. The molecule has 1 aromatic carbocycles. The van der Waals surface area contributed by atoms with E-state index in [1.165, 1.54) is 4.90 Å². The molecule has 24 heavy (non-hydrogen) atoms. The number of carbonyl (C=O) groups is 1. The van der Waals surface area contributed by atoms with Gasteiger partial charge in [0.2, 0.25) is 0 Å². The number of aromatic nitrogens is 2. The molecule has 0 aliphatic heterocycles. The third-order valence-corrected chi connectivity index (χ3v) is 3.49. The van der Waals surface area contributed by atoms with Gasteiger partial charge in [0.25, 0.3) is 0 Å². The lowest BCUT2D eigenvalue weighted by Gasteiger charge is -2.27. The summed E-state index contributed by atoms with van der Waals surface area (Å²) >= 11 is 0. The average Bonchev–Trinajstić information content (AvgIpc) is 2.84. The Hall–Kier alpha value is -2.50. The number of hydrogen-bond donors (Lipinski definition) is 1. The van der Waals surface area contributed by atoms with E-state index in [1.54, 1.807) is 24.3 Å². The van der Waals surface area contributed by atoms with Crippen LogP contribution in [0.5, 0.6) is 5.75 Å². The van der Waals surface area contributed by atoms with Gasteiger partial charge >= 0.3 is 6.09 Å². The Morgan fingerprint density at radius 1 is 1.33 bits per heavy atom. The maximum Gasteiger partial charge on any atom is 0.415 e. The third kappa shape index (κ3) is 4.28. The second-order valence-corrected chi connectivity index (χ2v) is 6.65. The molecule has 6 heteroatoms. The van der Waals surface area contributed by atoms with E-state index in [0.717, 1.165) is 17.8 Å². The molecule has 0 bridgehead atoms. The van der Waals surface area contributed by atoms with Crippen LogP contribution in [-0.2, 0) is 17.8 Å². The number of aromatic hydroxyl groups is 1. The Morgan fingerprint density at radius 3 is 2.54 bits per heavy atom. The van der Waals surface area contributed by atoms with Crippen LogP contribution in [-0.4, -0.2) is 26.6 Å². The molecule has 0 aliphatic rings. The molecule has 0 spiro atoms. The lowest BCUT2D eigenvalue weighted by atomic mass is 10.2. The van der Waals surface area contributed by atoms with Crippen LogP contribution < -0.4 is 4.90 Å². The van der Waals surface area contributed by atoms with Crippen molar-refractivity contribution < 1.29 is 14.6 Å². The molecule has 2 rings (SSSR count). The molecule has 0 radical (unpaired) electrons. The van der Waals surface area contributed by atoms with E-state index in [1.807, 2.05) is 45.5 Å². The molecule has 2 aromatic rings. The molecule has 0 saturated heterocycles. The van der Waals surface area contributed by atoms with Crippen molar-refractivity contribution in [1.82, 2.24) is 9.78 Å². The van der Waals surface area contributed by atoms with Crippen molar-refractivity contribution in [3.63, 3.8) is 0 Å². The number of phenolic OH excluding ortho intramolecular Hbond substituents is 1. The second kappa shape index (κ2) is 6.95. The minimum atomic E-state index is -0.623. The van der Waals surface area contributed by atoms with Crippen molar-refractivity contribution in [3.05, 3.63) is 41.7 Å². The van der Waals surface area contributed by atoms with E-state index in [9.17, 15) is 9.90 Å². The van der Waals surface area contributed by atoms with Gasteiger partial charge < -0.3 is 9.84 Å². The zero-order valence-electron chi connectivity index (χ0n) is 14.9. The summed E-state index contributed by atoms with van der Waals surface area (Å²) in [7, 11) is 0. The van der Waals surface area contributed by atoms with Gasteiger partial charge in [-0.15, -0.1) is 0 Å². The van der Waals surface area contributed by atoms with Gasteiger partial charge in [0, 0.05) is 18.3 Å². The van der Waals surface area contributed by atoms with E-state index in [0.29, 0.717) is 5.69 Å². The molecule has 1 aromatic heterocycles. The van der Waals surface area contributed by atoms with Crippen LogP contribution in [0.25, 0.3) is 0 Å². The van der Waals surface area contributed by atoms with Crippen LogP contribution in [0.4, 0.5) is 10.5 Å². The molecule has 1 N–H and O–H groups in total. The average molecular weight is 331 g/mol. The summed E-state index contributed by atoms with van der Waals surface area (Å²) in [5.74, 6) is 0.0314. The summed E-state index contributed by atoms with van der Waals surface area (Å²) in [6.07, 6.45) is 1.40. The fourth-order valence-corrected chi connectivity index (χ4v) is 2.30. The largest absolute Gasteiger partial charge is 0.506 e. The first kappa shape index (κ1) is 17.8. The van der Waals surface area contributed by atoms with Gasteiger partial charge in [-0.1, -0.05) is 12.1 Å². The molecule has 1 amide bonds. The van der Waals surface area contributed by atoms with Gasteiger partial charge in [-0.2, -0.15) is 5.10 Å². The lowest BCUT2D eigenvalue weighted by molar-refractivity contribution is 0.0576. The van der Waals surface area contributed by atoms with E-state index in [4.69, 9.17) is 4.74 Å². The Balaban J connectivity index is 2.37. The van der Waals surface area contributed by atoms with Crippen LogP contribution >= 0.6 is 0 Å². The van der Waals surface area contributed by atoms with Crippen molar-refractivity contribution in [2.45, 2.75) is 53.3 Å². The number of nitrogens with zero attached hydrogens (tertiary/aromatic N) is 3. The topological polar surface area (TPSA) is 67.6 Å². The van der Waals surface area contributed by atoms with Gasteiger partial charge in [-0.05, 0) is 46.8 Å². The summed E-state index contributed by atoms with van der Waals surface area (Å²) < 4.78 is 7.33. The quantitative estimate of drug-likeness (QED) is 0.924. The smallest absolute Gasteiger partial charge is 0.415 e. The zero-order chi connectivity index (χ0) is 17.9. The Kier molecular flexibility index (Phi) is 5.17. The SMILES string of the molecule is CCn1cc(CN(C(=O)OC(C)(C)C)c2ccccc2O)c(C)n1. The number of benzene rings is 1. The van der Waals surface area contributed by atoms with Crippen molar-refractivity contribution in [2.24, 2.45) is 0 Å². The lowest BCUT2D eigenvalue weighted by Crippen LogP contribution is -2.36. The van der Waals surface area contributed by atoms with Gasteiger partial charge in [-0.3, -0.25) is 9.58 Å². The zero-order valence-corrected chi connectivity index (χ0v) is 14.9. The summed E-state index contributed by atoms with van der Waals surface area (Å²) in [5, 5.41) is 14.6. The first-order valence-electron chi connectivity index (χ1n) is 8.02. The van der Waals surface area contributed by atoms with Gasteiger partial charge in [0.15, 0.2) is 0 Å². The normalized spacial score (nSPS) is 11.4. The maximum atomic E-state index is 12.7. The van der Waals surface area contributed by atoms with Crippen LogP contribution in [0.1, 0.15) is 39.0 Å². The standard InChI is InChI=1S/C18H25N3O3/c1-6-20-11-14(13(2)19-20)12-21(17(23)24-18(3,4)5)15-9-7-8-10-16(15)22/h7-11,22H,6,12H2,1-5H3. The number of para-hydroxylation sites is 2. The first-order chi connectivity index (χ1) is 11.2. The molecule has 0 atom stereocenters. The number of ether oxygens (including phenoxy) is 1. The molecule has 6 nitrogen and oxygen atoms in total. The van der Waals surface area contributed by atoms with E-state index < -0.39 is 11.7 Å². The summed E-state index contributed by atoms with van der Waals surface area (Å²) in [5.41, 5.74) is 1.55. The fourth-order valence-electron chi connectivity index (χ4n) is 2.30. The Labute approximate surface area is 142 Å². The van der Waals surface area contributed by atoms with Gasteiger partial charge in [0.1, 0.15) is 11.4 Å². The minimum Gasteiger partial charge on any atom is -0.506 e. The van der Waals surface area contributed by atoms with Gasteiger partial charge in [-0.25, -0.2) is 4.79 Å². The third-order valence-electron chi connectivity index (χ3n) is 3.49. The Morgan fingerprint density at radius 2 is 2.00 bits per heavy atom. The van der Waals surface area contributed by atoms with E-state index >= 15 is 0 Å². The summed E-state index contributed by atoms with van der Waals surface area (Å²) in [6, 6.07) is 6.73. The number of phenols is 1. The van der Waals surface area contributed by atoms with Crippen molar-refractivity contribution in [2.75, 3.05) is 4.90 Å². The molecular formula is C18H25N3O3. The molecule has 0 unspecified atom stereocenters. The molecule has 1 heterocycles. The van der Waals surface area contributed by atoms with Crippen molar-refractivity contribution in [3.8, 4) is 5.75 Å². The highest BCUT2D eigenvalue weighted by Gasteiger charge is 2.26. The summed E-state index contributed by atoms with van der Waals surface area (Å²) in [4.78, 5) is 14.1. The summed E-state index contributed by atoms with van der Waals surface area (Å²) in [6.45, 7) is 10.4. The molecular weight excluding hydrogens is 306 g/mol. The highest BCUT2D eigenvalue weighted by Crippen LogP contribution is 2.29. The number of anilines is 1. The number of hydrogen-bond acceptors (Lipinski definition) is 4. The van der Waals surface area contributed by atoms with Gasteiger partial charge in [0.05, 0.1) is 17.9 Å². The molecule has 0 saturated carbocycles. The highest BCUT2D eigenvalue weighted by molar-refractivity contribution is 5.89. The van der Waals surface area contributed by atoms with Crippen molar-refractivity contribution >= 4 is 11.8 Å². The molecule has 130 valence electrons. The van der Waals surface area contributed by atoms with E-state index in [2.05, 4.69) is 5.10 Å². The predicted octanol–water partition coefficient (Wildman–Crippen LogP) is 3.86.